The minimum absolute atomic E-state index is 0.169. The molecule has 0 amide bonds. The Hall–Kier alpha value is -3.90. The van der Waals surface area contributed by atoms with Crippen molar-refractivity contribution < 1.29 is 19.0 Å². The Morgan fingerprint density at radius 2 is 1.68 bits per heavy atom. The monoisotopic (exact) mass is 796 g/mol. The number of methoxy groups -OCH3 is 1. The zero-order valence-electron chi connectivity index (χ0n) is 25.2. The van der Waals surface area contributed by atoms with E-state index in [-0.39, 0.29) is 17.7 Å². The molecule has 7 nitrogen and oxygen atoms in total. The molecular weight excluding hydrogens is 770 g/mol. The maximum absolute atomic E-state index is 14.2. The molecule has 1 aliphatic rings. The van der Waals surface area contributed by atoms with Gasteiger partial charge in [-0.15, -0.1) is 0 Å². The lowest BCUT2D eigenvalue weighted by molar-refractivity contribution is -0.138. The fraction of sp³-hybridized carbons (Fsp3) is 0.139. The summed E-state index contributed by atoms with van der Waals surface area (Å²) >= 11 is 15.7. The lowest BCUT2D eigenvalue weighted by Gasteiger charge is -2.25. The van der Waals surface area contributed by atoms with Crippen LogP contribution in [0.5, 0.6) is 11.5 Å². The van der Waals surface area contributed by atoms with Gasteiger partial charge in [-0.2, -0.15) is 0 Å². The topological polar surface area (TPSA) is 79.1 Å². The highest BCUT2D eigenvalue weighted by Gasteiger charge is 2.35. The molecule has 0 spiro atoms. The lowest BCUT2D eigenvalue weighted by atomic mass is 9.93. The third-order valence-corrected chi connectivity index (χ3v) is 9.69. The largest absolute Gasteiger partial charge is 0.493 e. The molecule has 0 aliphatic carbocycles. The van der Waals surface area contributed by atoms with Gasteiger partial charge in [-0.1, -0.05) is 89.1 Å². The van der Waals surface area contributed by atoms with E-state index in [0.29, 0.717) is 48.7 Å². The first-order valence-corrected chi connectivity index (χ1v) is 17.2. The molecule has 4 aromatic carbocycles. The number of ether oxygens (including phenoxy) is 3. The molecule has 0 radical (unpaired) electrons. The number of fused-ring (bicyclic) bond motifs is 1. The normalized spacial score (nSPS) is 14.4. The van der Waals surface area contributed by atoms with Gasteiger partial charge in [0.15, 0.2) is 16.3 Å². The number of aromatic nitrogens is 1. The Labute approximate surface area is 298 Å². The number of rotatable bonds is 9. The highest BCUT2D eigenvalue weighted by atomic mass is 127. The van der Waals surface area contributed by atoms with Gasteiger partial charge >= 0.3 is 5.97 Å². The Balaban J connectivity index is 1.48. The number of hydrogen-bond donors (Lipinski definition) is 0. The molecule has 0 fully saturated rings. The Bertz CT molecular complexity index is 2160. The molecule has 1 aliphatic heterocycles. The summed E-state index contributed by atoms with van der Waals surface area (Å²) in [6.45, 7) is 2.25. The van der Waals surface area contributed by atoms with Gasteiger partial charge in [-0.25, -0.2) is 9.79 Å². The zero-order chi connectivity index (χ0) is 33.1. The van der Waals surface area contributed by atoms with Crippen LogP contribution >= 0.6 is 57.1 Å². The molecular formula is C36H27Cl2IN2O5S. The highest BCUT2D eigenvalue weighted by Crippen LogP contribution is 2.37. The minimum Gasteiger partial charge on any atom is -0.493 e. The van der Waals surface area contributed by atoms with Gasteiger partial charge in [0.25, 0.3) is 5.56 Å². The first kappa shape index (κ1) is 33.0. The van der Waals surface area contributed by atoms with E-state index in [4.69, 9.17) is 42.4 Å². The zero-order valence-corrected chi connectivity index (χ0v) is 29.7. The summed E-state index contributed by atoms with van der Waals surface area (Å²) in [4.78, 5) is 33.2. The first-order chi connectivity index (χ1) is 22.8. The second kappa shape index (κ2) is 14.5. The van der Waals surface area contributed by atoms with Crippen LogP contribution in [0.25, 0.3) is 11.8 Å². The molecule has 11 heteroatoms. The number of carbonyl (C=O) groups is 1. The van der Waals surface area contributed by atoms with Crippen LogP contribution in [0.1, 0.15) is 35.2 Å². The summed E-state index contributed by atoms with van der Waals surface area (Å²) < 4.78 is 20.2. The van der Waals surface area contributed by atoms with Gasteiger partial charge in [-0.05, 0) is 88.7 Å². The van der Waals surface area contributed by atoms with E-state index >= 15 is 0 Å². The fourth-order valence-electron chi connectivity index (χ4n) is 5.25. The van der Waals surface area contributed by atoms with Crippen molar-refractivity contribution in [1.82, 2.24) is 4.57 Å². The van der Waals surface area contributed by atoms with Crippen LogP contribution in [0.15, 0.2) is 106 Å². The van der Waals surface area contributed by atoms with Crippen molar-refractivity contribution in [3.05, 3.63) is 152 Å². The lowest BCUT2D eigenvalue weighted by Crippen LogP contribution is -2.40. The highest BCUT2D eigenvalue weighted by molar-refractivity contribution is 14.1. The summed E-state index contributed by atoms with van der Waals surface area (Å²) in [6, 6.07) is 26.9. The SMILES string of the molecule is CCOC(=O)C1=C(c2ccccc2)N=c2s/c(=C\c3cc(I)c(OCc4ccc(Cl)cc4)c(OC)c3)c(=O)n2[C@H]1c1ccc(Cl)cc1. The van der Waals surface area contributed by atoms with E-state index < -0.39 is 12.0 Å². The summed E-state index contributed by atoms with van der Waals surface area (Å²) in [7, 11) is 1.58. The van der Waals surface area contributed by atoms with Gasteiger partial charge in [0, 0.05) is 15.6 Å². The number of halogens is 3. The van der Waals surface area contributed by atoms with Crippen LogP contribution < -0.4 is 24.4 Å². The predicted octanol–water partition coefficient (Wildman–Crippen LogP) is 7.43. The maximum Gasteiger partial charge on any atom is 0.338 e. The van der Waals surface area contributed by atoms with Gasteiger partial charge in [0.05, 0.1) is 39.1 Å². The summed E-state index contributed by atoms with van der Waals surface area (Å²) in [5.74, 6) is 0.577. The molecule has 0 bridgehead atoms. The second-order valence-electron chi connectivity index (χ2n) is 10.4. The average Bonchev–Trinajstić information content (AvgIpc) is 3.38. The number of hydrogen-bond acceptors (Lipinski definition) is 7. The van der Waals surface area contributed by atoms with Crippen molar-refractivity contribution in [2.75, 3.05) is 13.7 Å². The van der Waals surface area contributed by atoms with Gasteiger partial charge in [0.2, 0.25) is 0 Å². The number of esters is 1. The smallest absolute Gasteiger partial charge is 0.338 e. The molecule has 238 valence electrons. The molecule has 0 saturated heterocycles. The van der Waals surface area contributed by atoms with E-state index in [1.807, 2.05) is 78.9 Å². The number of benzene rings is 4. The number of thiazole rings is 1. The molecule has 1 atom stereocenters. The van der Waals surface area contributed by atoms with Crippen LogP contribution in [0, 0.1) is 3.57 Å². The third kappa shape index (κ3) is 7.03. The minimum atomic E-state index is -0.793. The summed E-state index contributed by atoms with van der Waals surface area (Å²) in [5.41, 5.74) is 3.58. The average molecular weight is 797 g/mol. The number of carbonyl (C=O) groups excluding carboxylic acids is 1. The van der Waals surface area contributed by atoms with Gasteiger partial charge in [0.1, 0.15) is 6.61 Å². The van der Waals surface area contributed by atoms with E-state index in [2.05, 4.69) is 22.6 Å². The molecule has 0 N–H and O–H groups in total. The summed E-state index contributed by atoms with van der Waals surface area (Å²) in [5, 5.41) is 1.19. The van der Waals surface area contributed by atoms with Crippen LogP contribution in [-0.4, -0.2) is 24.3 Å². The van der Waals surface area contributed by atoms with Crippen molar-refractivity contribution in [1.29, 1.82) is 0 Å². The fourth-order valence-corrected chi connectivity index (χ4v) is 7.29. The van der Waals surface area contributed by atoms with Crippen molar-refractivity contribution >= 4 is 74.9 Å². The third-order valence-electron chi connectivity index (χ3n) is 7.41. The van der Waals surface area contributed by atoms with Crippen molar-refractivity contribution in [2.45, 2.75) is 19.6 Å². The molecule has 0 unspecified atom stereocenters. The number of nitrogens with zero attached hydrogens (tertiary/aromatic N) is 2. The van der Waals surface area contributed by atoms with E-state index in [1.165, 1.54) is 11.3 Å². The van der Waals surface area contributed by atoms with Crippen LogP contribution in [0.4, 0.5) is 0 Å². The molecule has 47 heavy (non-hydrogen) atoms. The van der Waals surface area contributed by atoms with E-state index in [1.54, 1.807) is 36.8 Å². The van der Waals surface area contributed by atoms with E-state index in [9.17, 15) is 9.59 Å². The van der Waals surface area contributed by atoms with Gasteiger partial charge in [-0.3, -0.25) is 9.36 Å². The molecule has 5 aromatic rings. The maximum atomic E-state index is 14.2. The van der Waals surface area contributed by atoms with Crippen molar-refractivity contribution in [2.24, 2.45) is 4.99 Å². The van der Waals surface area contributed by atoms with Crippen LogP contribution in [0.2, 0.25) is 10.0 Å². The van der Waals surface area contributed by atoms with E-state index in [0.717, 1.165) is 20.3 Å². The quantitative estimate of drug-likeness (QED) is 0.115. The Kier molecular flexibility index (Phi) is 10.2. The van der Waals surface area contributed by atoms with Crippen molar-refractivity contribution in [3.63, 3.8) is 0 Å². The predicted molar refractivity (Wildman–Crippen MR) is 194 cm³/mol. The summed E-state index contributed by atoms with van der Waals surface area (Å²) in [6.07, 6.45) is 1.80. The Morgan fingerprint density at radius 3 is 2.34 bits per heavy atom. The molecule has 0 saturated carbocycles. The molecule has 1 aromatic heterocycles. The van der Waals surface area contributed by atoms with Gasteiger partial charge < -0.3 is 14.2 Å². The Morgan fingerprint density at radius 1 is 1.00 bits per heavy atom. The van der Waals surface area contributed by atoms with Crippen LogP contribution in [0.3, 0.4) is 0 Å². The van der Waals surface area contributed by atoms with Crippen molar-refractivity contribution in [3.8, 4) is 11.5 Å². The second-order valence-corrected chi connectivity index (χ2v) is 13.5. The molecule has 2 heterocycles. The van der Waals surface area contributed by atoms with Crippen LogP contribution in [-0.2, 0) is 16.1 Å². The first-order valence-electron chi connectivity index (χ1n) is 14.6. The standard InChI is InChI=1S/C36H27Cl2IN2O5S/c1-3-45-35(43)30-31(23-7-5-4-6-8-23)40-36-41(32(30)24-11-15-26(38)16-12-24)34(42)29(47-36)19-22-17-27(39)33(28(18-22)44-2)46-20-21-9-13-25(37)14-10-21/h4-19,32H,3,20H2,1-2H3/b29-19-/t32-/m0/s1. The molecule has 6 rings (SSSR count).